The number of aliphatic carboxylic acids is 1. The van der Waals surface area contributed by atoms with Crippen molar-refractivity contribution in [2.45, 2.75) is 18.2 Å². The molecule has 0 aromatic heterocycles. The summed E-state index contributed by atoms with van der Waals surface area (Å²) in [4.78, 5) is 10.5. The molecule has 1 rings (SSSR count). The lowest BCUT2D eigenvalue weighted by Gasteiger charge is -2.02. The van der Waals surface area contributed by atoms with Crippen molar-refractivity contribution in [3.8, 4) is 0 Å². The molecule has 0 heterocycles. The van der Waals surface area contributed by atoms with Gasteiger partial charge >= 0.3 is 5.97 Å². The van der Waals surface area contributed by atoms with Crippen LogP contribution in [0, 0.1) is 0 Å². The van der Waals surface area contributed by atoms with E-state index in [0.717, 1.165) is 11.6 Å². The summed E-state index contributed by atoms with van der Waals surface area (Å²) < 4.78 is 23.0. The van der Waals surface area contributed by atoms with Crippen LogP contribution in [0.5, 0.6) is 0 Å². The predicted octanol–water partition coefficient (Wildman–Crippen LogP) is 1.66. The van der Waals surface area contributed by atoms with E-state index in [0.29, 0.717) is 11.3 Å². The summed E-state index contributed by atoms with van der Waals surface area (Å²) in [7, 11) is -3.16. The van der Waals surface area contributed by atoms with E-state index in [1.807, 2.05) is 0 Å². The van der Waals surface area contributed by atoms with Gasteiger partial charge in [-0.2, -0.15) is 0 Å². The fraction of sp³-hybridized carbons (Fsp3) is 0.250. The molecule has 1 N–H and O–H groups in total. The molecule has 5 heteroatoms. The SMILES string of the molecule is CCS(=O)(=O)c1ccc(C/C=C/C(=O)O)cc1. The van der Waals surface area contributed by atoms with Crippen LogP contribution < -0.4 is 0 Å². The Labute approximate surface area is 101 Å². The zero-order valence-corrected chi connectivity index (χ0v) is 10.3. The topological polar surface area (TPSA) is 71.4 Å². The van der Waals surface area contributed by atoms with E-state index in [1.54, 1.807) is 31.2 Å². The molecule has 4 nitrogen and oxygen atoms in total. The van der Waals surface area contributed by atoms with Crippen molar-refractivity contribution in [3.05, 3.63) is 42.0 Å². The minimum absolute atomic E-state index is 0.0747. The maximum atomic E-state index is 11.5. The van der Waals surface area contributed by atoms with Crippen LogP contribution in [0.25, 0.3) is 0 Å². The lowest BCUT2D eigenvalue weighted by Crippen LogP contribution is -2.03. The highest BCUT2D eigenvalue weighted by Gasteiger charge is 2.10. The Morgan fingerprint density at radius 2 is 1.88 bits per heavy atom. The van der Waals surface area contributed by atoms with Gasteiger partial charge in [0.15, 0.2) is 9.84 Å². The molecule has 0 atom stereocenters. The fourth-order valence-electron chi connectivity index (χ4n) is 1.30. The molecule has 0 aliphatic carbocycles. The van der Waals surface area contributed by atoms with Crippen LogP contribution in [0.3, 0.4) is 0 Å². The Bertz CT molecular complexity index is 512. The summed E-state index contributed by atoms with van der Waals surface area (Å²) in [6.07, 6.45) is 3.06. The molecule has 0 aliphatic heterocycles. The van der Waals surface area contributed by atoms with E-state index in [4.69, 9.17) is 5.11 Å². The first kappa shape index (κ1) is 13.4. The Hall–Kier alpha value is -1.62. The lowest BCUT2D eigenvalue weighted by molar-refractivity contribution is -0.131. The lowest BCUT2D eigenvalue weighted by atomic mass is 10.1. The van der Waals surface area contributed by atoms with Gasteiger partial charge in [-0.1, -0.05) is 25.1 Å². The second-order valence-electron chi connectivity index (χ2n) is 3.49. The van der Waals surface area contributed by atoms with Crippen molar-refractivity contribution in [1.82, 2.24) is 0 Å². The van der Waals surface area contributed by atoms with Crippen LogP contribution >= 0.6 is 0 Å². The molecule has 0 amide bonds. The number of sulfone groups is 1. The standard InChI is InChI=1S/C12H14O4S/c1-2-17(15,16)11-8-6-10(7-9-11)4-3-5-12(13)14/h3,5-9H,2,4H2,1H3,(H,13,14)/b5-3+. The van der Waals surface area contributed by atoms with Crippen molar-refractivity contribution in [2.75, 3.05) is 5.75 Å². The van der Waals surface area contributed by atoms with Crippen LogP contribution in [0.1, 0.15) is 12.5 Å². The van der Waals surface area contributed by atoms with Crippen LogP contribution in [0.2, 0.25) is 0 Å². The third kappa shape index (κ3) is 4.03. The van der Waals surface area contributed by atoms with E-state index in [1.165, 1.54) is 6.08 Å². The Balaban J connectivity index is 2.79. The van der Waals surface area contributed by atoms with Crippen LogP contribution in [-0.4, -0.2) is 25.2 Å². The second-order valence-corrected chi connectivity index (χ2v) is 5.77. The number of allylic oxidation sites excluding steroid dienone is 1. The van der Waals surface area contributed by atoms with Gasteiger partial charge in [0.1, 0.15) is 0 Å². The smallest absolute Gasteiger partial charge is 0.327 e. The Morgan fingerprint density at radius 1 is 1.29 bits per heavy atom. The van der Waals surface area contributed by atoms with Crippen LogP contribution in [-0.2, 0) is 21.1 Å². The van der Waals surface area contributed by atoms with Crippen molar-refractivity contribution in [1.29, 1.82) is 0 Å². The third-order valence-electron chi connectivity index (χ3n) is 2.28. The van der Waals surface area contributed by atoms with Crippen LogP contribution in [0.15, 0.2) is 41.3 Å². The molecular weight excluding hydrogens is 240 g/mol. The van der Waals surface area contributed by atoms with Gasteiger partial charge in [0.05, 0.1) is 10.6 Å². The molecule has 0 aliphatic rings. The van der Waals surface area contributed by atoms with Gasteiger partial charge < -0.3 is 5.11 Å². The van der Waals surface area contributed by atoms with E-state index < -0.39 is 15.8 Å². The first-order chi connectivity index (χ1) is 7.95. The quantitative estimate of drug-likeness (QED) is 0.811. The number of hydrogen-bond acceptors (Lipinski definition) is 3. The van der Waals surface area contributed by atoms with E-state index in [-0.39, 0.29) is 5.75 Å². The molecule has 0 spiro atoms. The largest absolute Gasteiger partial charge is 0.478 e. The van der Waals surface area contributed by atoms with Gasteiger partial charge in [0.25, 0.3) is 0 Å². The number of carbonyl (C=O) groups is 1. The highest BCUT2D eigenvalue weighted by atomic mass is 32.2. The second kappa shape index (κ2) is 5.63. The van der Waals surface area contributed by atoms with Crippen molar-refractivity contribution >= 4 is 15.8 Å². The molecule has 0 fully saturated rings. The number of carboxylic acid groups (broad SMARTS) is 1. The summed E-state index contributed by atoms with van der Waals surface area (Å²) in [5.74, 6) is -0.916. The zero-order chi connectivity index (χ0) is 12.9. The Morgan fingerprint density at radius 3 is 2.35 bits per heavy atom. The molecule has 92 valence electrons. The maximum absolute atomic E-state index is 11.5. The van der Waals surface area contributed by atoms with Gasteiger partial charge in [-0.15, -0.1) is 0 Å². The summed E-state index contributed by atoms with van der Waals surface area (Å²) in [6.45, 7) is 1.60. The molecular formula is C12H14O4S. The van der Waals surface area contributed by atoms with E-state index >= 15 is 0 Å². The molecule has 0 radical (unpaired) electrons. The normalized spacial score (nSPS) is 11.8. The molecule has 1 aromatic carbocycles. The summed E-state index contributed by atoms with van der Waals surface area (Å²) >= 11 is 0. The average Bonchev–Trinajstić information content (AvgIpc) is 2.29. The molecule has 0 saturated heterocycles. The maximum Gasteiger partial charge on any atom is 0.327 e. The van der Waals surface area contributed by atoms with Gasteiger partial charge in [0.2, 0.25) is 0 Å². The van der Waals surface area contributed by atoms with E-state index in [9.17, 15) is 13.2 Å². The van der Waals surface area contributed by atoms with E-state index in [2.05, 4.69) is 0 Å². The van der Waals surface area contributed by atoms with Gasteiger partial charge in [-0.05, 0) is 24.1 Å². The van der Waals surface area contributed by atoms with Gasteiger partial charge in [0, 0.05) is 6.08 Å². The molecule has 0 saturated carbocycles. The van der Waals surface area contributed by atoms with Crippen molar-refractivity contribution in [3.63, 3.8) is 0 Å². The van der Waals surface area contributed by atoms with Crippen molar-refractivity contribution < 1.29 is 18.3 Å². The molecule has 1 aromatic rings. The minimum Gasteiger partial charge on any atom is -0.478 e. The first-order valence-corrected chi connectivity index (χ1v) is 6.82. The number of rotatable bonds is 5. The van der Waals surface area contributed by atoms with Gasteiger partial charge in [-0.3, -0.25) is 0 Å². The Kier molecular flexibility index (Phi) is 4.45. The summed E-state index contributed by atoms with van der Waals surface area (Å²) in [6, 6.07) is 6.47. The highest BCUT2D eigenvalue weighted by molar-refractivity contribution is 7.91. The zero-order valence-electron chi connectivity index (χ0n) is 9.46. The summed E-state index contributed by atoms with van der Waals surface area (Å²) in [5.41, 5.74) is 0.873. The highest BCUT2D eigenvalue weighted by Crippen LogP contribution is 2.12. The number of benzene rings is 1. The van der Waals surface area contributed by atoms with Crippen molar-refractivity contribution in [2.24, 2.45) is 0 Å². The number of carboxylic acids is 1. The molecule has 0 unspecified atom stereocenters. The minimum atomic E-state index is -3.16. The number of hydrogen-bond donors (Lipinski definition) is 1. The fourth-order valence-corrected chi connectivity index (χ4v) is 2.18. The van der Waals surface area contributed by atoms with Gasteiger partial charge in [-0.25, -0.2) is 13.2 Å². The predicted molar refractivity (Wildman–Crippen MR) is 64.6 cm³/mol. The molecule has 17 heavy (non-hydrogen) atoms. The first-order valence-electron chi connectivity index (χ1n) is 5.17. The monoisotopic (exact) mass is 254 g/mol. The molecule has 0 bridgehead atoms. The third-order valence-corrected chi connectivity index (χ3v) is 4.03. The summed E-state index contributed by atoms with van der Waals surface area (Å²) in [5, 5.41) is 8.41. The average molecular weight is 254 g/mol. The van der Waals surface area contributed by atoms with Crippen LogP contribution in [0.4, 0.5) is 0 Å².